The van der Waals surface area contributed by atoms with Crippen LogP contribution in [0.4, 0.5) is 4.39 Å². The number of halogens is 3. The average molecular weight is 432 g/mol. The van der Waals surface area contributed by atoms with Crippen LogP contribution in [0.3, 0.4) is 0 Å². The van der Waals surface area contributed by atoms with Crippen molar-refractivity contribution in [3.8, 4) is 11.5 Å². The molecule has 9 heteroatoms. The van der Waals surface area contributed by atoms with Crippen molar-refractivity contribution in [2.75, 3.05) is 13.2 Å². The number of carbonyl (C=O) groups is 1. The summed E-state index contributed by atoms with van der Waals surface area (Å²) in [7, 11) is 0. The lowest BCUT2D eigenvalue weighted by atomic mass is 9.92. The van der Waals surface area contributed by atoms with E-state index < -0.39 is 6.04 Å². The van der Waals surface area contributed by atoms with Gasteiger partial charge in [0.2, 0.25) is 5.91 Å². The highest BCUT2D eigenvalue weighted by molar-refractivity contribution is 5.85. The Balaban J connectivity index is 0.00000196. The van der Waals surface area contributed by atoms with Crippen molar-refractivity contribution in [1.29, 1.82) is 0 Å². The molecule has 6 nitrogen and oxygen atoms in total. The first kappa shape index (κ1) is 24.1. The van der Waals surface area contributed by atoms with Crippen molar-refractivity contribution in [3.05, 3.63) is 54.1 Å². The minimum absolute atomic E-state index is 0. The SMILES string of the molecule is Cl.Cl.NC(C(=O)NCc1cc(Oc2ccc(F)cc2)ccn1)C1CCOCC1. The maximum absolute atomic E-state index is 12.9. The van der Waals surface area contributed by atoms with E-state index in [2.05, 4.69) is 10.3 Å². The van der Waals surface area contributed by atoms with Crippen LogP contribution in [0.1, 0.15) is 18.5 Å². The Morgan fingerprint density at radius 1 is 1.21 bits per heavy atom. The Labute approximate surface area is 175 Å². The third kappa shape index (κ3) is 6.91. The van der Waals surface area contributed by atoms with Crippen LogP contribution in [0, 0.1) is 11.7 Å². The van der Waals surface area contributed by atoms with Crippen molar-refractivity contribution in [3.63, 3.8) is 0 Å². The zero-order valence-electron chi connectivity index (χ0n) is 15.2. The van der Waals surface area contributed by atoms with Gasteiger partial charge in [-0.3, -0.25) is 9.78 Å². The summed E-state index contributed by atoms with van der Waals surface area (Å²) in [6.45, 7) is 1.56. The minimum atomic E-state index is -0.544. The van der Waals surface area contributed by atoms with Crippen LogP contribution in [0.2, 0.25) is 0 Å². The molecule has 1 aromatic heterocycles. The smallest absolute Gasteiger partial charge is 0.237 e. The monoisotopic (exact) mass is 431 g/mol. The molecule has 1 aliphatic rings. The molecule has 1 fully saturated rings. The summed E-state index contributed by atoms with van der Waals surface area (Å²) < 4.78 is 23.9. The second kappa shape index (κ2) is 11.8. The lowest BCUT2D eigenvalue weighted by Gasteiger charge is -2.26. The third-order valence-electron chi connectivity index (χ3n) is 4.36. The number of benzene rings is 1. The number of carbonyl (C=O) groups excluding carboxylic acids is 1. The number of pyridine rings is 1. The quantitative estimate of drug-likeness (QED) is 0.732. The largest absolute Gasteiger partial charge is 0.457 e. The number of nitrogens with zero attached hydrogens (tertiary/aromatic N) is 1. The van der Waals surface area contributed by atoms with Gasteiger partial charge in [-0.1, -0.05) is 0 Å². The molecule has 1 amide bonds. The molecule has 1 aliphatic heterocycles. The summed E-state index contributed by atoms with van der Waals surface area (Å²) in [5.74, 6) is 0.712. The van der Waals surface area contributed by atoms with Crippen LogP contribution >= 0.6 is 24.8 Å². The topological polar surface area (TPSA) is 86.5 Å². The standard InChI is InChI=1S/C19H22FN3O3.2ClH/c20-14-1-3-16(4-2-14)26-17-5-8-22-15(11-17)12-23-19(24)18(21)13-6-9-25-10-7-13;;/h1-5,8,11,13,18H,6-7,9-10,12,21H2,(H,23,24);2*1H. The van der Waals surface area contributed by atoms with Crippen LogP contribution in [-0.4, -0.2) is 30.1 Å². The molecule has 1 saturated heterocycles. The van der Waals surface area contributed by atoms with Gasteiger partial charge in [0, 0.05) is 25.5 Å². The summed E-state index contributed by atoms with van der Waals surface area (Å²) >= 11 is 0. The van der Waals surface area contributed by atoms with Crippen LogP contribution in [-0.2, 0) is 16.1 Å². The predicted molar refractivity (Wildman–Crippen MR) is 109 cm³/mol. The van der Waals surface area contributed by atoms with Gasteiger partial charge in [-0.25, -0.2) is 4.39 Å². The zero-order chi connectivity index (χ0) is 18.4. The van der Waals surface area contributed by atoms with Crippen molar-refractivity contribution in [2.45, 2.75) is 25.4 Å². The van der Waals surface area contributed by atoms with Crippen LogP contribution < -0.4 is 15.8 Å². The van der Waals surface area contributed by atoms with Crippen molar-refractivity contribution in [2.24, 2.45) is 11.7 Å². The molecule has 0 bridgehead atoms. The Hall–Kier alpha value is -1.93. The molecule has 1 unspecified atom stereocenters. The second-order valence-corrected chi connectivity index (χ2v) is 6.23. The van der Waals surface area contributed by atoms with E-state index in [0.29, 0.717) is 30.4 Å². The molecule has 154 valence electrons. The summed E-state index contributed by atoms with van der Waals surface area (Å²) in [6.07, 6.45) is 3.19. The van der Waals surface area contributed by atoms with Gasteiger partial charge in [0.05, 0.1) is 18.3 Å². The van der Waals surface area contributed by atoms with Gasteiger partial charge in [-0.2, -0.15) is 0 Å². The van der Waals surface area contributed by atoms with Gasteiger partial charge in [0.1, 0.15) is 17.3 Å². The van der Waals surface area contributed by atoms with Gasteiger partial charge in [-0.15, -0.1) is 24.8 Å². The average Bonchev–Trinajstić information content (AvgIpc) is 2.68. The summed E-state index contributed by atoms with van der Waals surface area (Å²) in [6, 6.07) is 8.63. The molecule has 3 rings (SSSR count). The molecule has 28 heavy (non-hydrogen) atoms. The molecule has 3 N–H and O–H groups in total. The molecule has 2 heterocycles. The molecular weight excluding hydrogens is 408 g/mol. The fourth-order valence-corrected chi connectivity index (χ4v) is 2.84. The maximum atomic E-state index is 12.9. The van der Waals surface area contributed by atoms with Gasteiger partial charge >= 0.3 is 0 Å². The van der Waals surface area contributed by atoms with Crippen molar-refractivity contribution < 1.29 is 18.7 Å². The minimum Gasteiger partial charge on any atom is -0.457 e. The Morgan fingerprint density at radius 3 is 2.57 bits per heavy atom. The number of hydrogen-bond acceptors (Lipinski definition) is 5. The normalized spacial score (nSPS) is 14.9. The highest BCUT2D eigenvalue weighted by Crippen LogP contribution is 2.22. The van der Waals surface area contributed by atoms with E-state index in [9.17, 15) is 9.18 Å². The first-order valence-corrected chi connectivity index (χ1v) is 8.61. The van der Waals surface area contributed by atoms with E-state index in [1.807, 2.05) is 0 Å². The molecule has 2 aromatic rings. The van der Waals surface area contributed by atoms with E-state index in [4.69, 9.17) is 15.2 Å². The van der Waals surface area contributed by atoms with Gasteiger partial charge < -0.3 is 20.5 Å². The molecule has 1 atom stereocenters. The number of rotatable bonds is 6. The van der Waals surface area contributed by atoms with Crippen molar-refractivity contribution >= 4 is 30.7 Å². The number of ether oxygens (including phenoxy) is 2. The lowest BCUT2D eigenvalue weighted by molar-refractivity contribution is -0.124. The Bertz CT molecular complexity index is 743. The van der Waals surface area contributed by atoms with E-state index >= 15 is 0 Å². The Kier molecular flexibility index (Phi) is 10.2. The molecular formula is C19H24Cl2FN3O3. The second-order valence-electron chi connectivity index (χ2n) is 6.23. The maximum Gasteiger partial charge on any atom is 0.237 e. The van der Waals surface area contributed by atoms with Crippen LogP contribution in [0.15, 0.2) is 42.6 Å². The number of nitrogens with one attached hydrogen (secondary N) is 1. The molecule has 0 radical (unpaired) electrons. The number of nitrogens with two attached hydrogens (primary N) is 1. The molecule has 0 saturated carbocycles. The highest BCUT2D eigenvalue weighted by atomic mass is 35.5. The Morgan fingerprint density at radius 2 is 1.89 bits per heavy atom. The predicted octanol–water partition coefficient (Wildman–Crippen LogP) is 3.23. The van der Waals surface area contributed by atoms with E-state index in [1.54, 1.807) is 30.5 Å². The lowest BCUT2D eigenvalue weighted by Crippen LogP contribution is -2.46. The zero-order valence-corrected chi connectivity index (χ0v) is 16.8. The van der Waals surface area contributed by atoms with E-state index in [-0.39, 0.29) is 49.0 Å². The van der Waals surface area contributed by atoms with Gasteiger partial charge in [-0.05, 0) is 49.1 Å². The molecule has 0 aliphatic carbocycles. The number of amides is 1. The third-order valence-corrected chi connectivity index (χ3v) is 4.36. The fourth-order valence-electron chi connectivity index (χ4n) is 2.84. The van der Waals surface area contributed by atoms with Gasteiger partial charge in [0.15, 0.2) is 0 Å². The first-order chi connectivity index (χ1) is 12.6. The highest BCUT2D eigenvalue weighted by Gasteiger charge is 2.26. The number of aromatic nitrogens is 1. The summed E-state index contributed by atoms with van der Waals surface area (Å²) in [5, 5.41) is 2.82. The molecule has 0 spiro atoms. The van der Waals surface area contributed by atoms with Gasteiger partial charge in [0.25, 0.3) is 0 Å². The van der Waals surface area contributed by atoms with Crippen LogP contribution in [0.5, 0.6) is 11.5 Å². The van der Waals surface area contributed by atoms with E-state index in [1.165, 1.54) is 12.1 Å². The van der Waals surface area contributed by atoms with Crippen molar-refractivity contribution in [1.82, 2.24) is 10.3 Å². The summed E-state index contributed by atoms with van der Waals surface area (Å²) in [5.41, 5.74) is 6.71. The van der Waals surface area contributed by atoms with Crippen LogP contribution in [0.25, 0.3) is 0 Å². The molecule has 1 aromatic carbocycles. The number of hydrogen-bond donors (Lipinski definition) is 2. The van der Waals surface area contributed by atoms with E-state index in [0.717, 1.165) is 12.8 Å². The summed E-state index contributed by atoms with van der Waals surface area (Å²) in [4.78, 5) is 16.5. The fraction of sp³-hybridized carbons (Fsp3) is 0.368. The first-order valence-electron chi connectivity index (χ1n) is 8.61.